The molecule has 0 aliphatic rings. The number of carboxylic acids is 1. The molecule has 0 saturated carbocycles. The van der Waals surface area contributed by atoms with Crippen molar-refractivity contribution < 1.29 is 9.90 Å². The van der Waals surface area contributed by atoms with Gasteiger partial charge in [-0.1, -0.05) is 17.7 Å². The first-order chi connectivity index (χ1) is 9.92. The van der Waals surface area contributed by atoms with Crippen molar-refractivity contribution in [2.45, 2.75) is 13.5 Å². The van der Waals surface area contributed by atoms with Gasteiger partial charge in [0.25, 0.3) is 0 Å². The summed E-state index contributed by atoms with van der Waals surface area (Å²) in [5.74, 6) is -1.26. The number of aromatic nitrogens is 1. The lowest BCUT2D eigenvalue weighted by Crippen LogP contribution is -2.19. The lowest BCUT2D eigenvalue weighted by Gasteiger charge is -2.12. The van der Waals surface area contributed by atoms with E-state index in [0.717, 1.165) is 5.56 Å². The summed E-state index contributed by atoms with van der Waals surface area (Å²) in [6.07, 6.45) is 1.30. The predicted molar refractivity (Wildman–Crippen MR) is 77.7 cm³/mol. The minimum atomic E-state index is -1.26. The second-order valence-electron chi connectivity index (χ2n) is 4.54. The highest BCUT2D eigenvalue weighted by molar-refractivity contribution is 6.31. The molecular formula is C15H11ClN2O3. The van der Waals surface area contributed by atoms with E-state index in [1.165, 1.54) is 12.3 Å². The molecule has 0 aliphatic carbocycles. The van der Waals surface area contributed by atoms with Crippen molar-refractivity contribution in [1.29, 1.82) is 5.26 Å². The lowest BCUT2D eigenvalue weighted by molar-refractivity contribution is 0.0694. The Morgan fingerprint density at radius 3 is 2.71 bits per heavy atom. The molecule has 5 nitrogen and oxygen atoms in total. The van der Waals surface area contributed by atoms with Crippen LogP contribution in [-0.4, -0.2) is 15.6 Å². The van der Waals surface area contributed by atoms with E-state index in [0.29, 0.717) is 22.8 Å². The Morgan fingerprint density at radius 1 is 1.43 bits per heavy atom. The molecule has 2 aromatic rings. The van der Waals surface area contributed by atoms with Gasteiger partial charge in [0, 0.05) is 29.5 Å². The van der Waals surface area contributed by atoms with E-state index in [1.807, 2.05) is 6.07 Å². The Morgan fingerprint density at radius 2 is 2.14 bits per heavy atom. The molecule has 1 aromatic heterocycles. The maximum absolute atomic E-state index is 11.6. The van der Waals surface area contributed by atoms with E-state index < -0.39 is 11.4 Å². The molecule has 2 rings (SSSR count). The SMILES string of the molecule is Cc1cc(=O)c(C(=O)O)cn1Cc1ccc(C#N)cc1Cl. The van der Waals surface area contributed by atoms with Crippen LogP contribution in [0.15, 0.2) is 35.3 Å². The van der Waals surface area contributed by atoms with E-state index >= 15 is 0 Å². The van der Waals surface area contributed by atoms with Crippen LogP contribution in [0.4, 0.5) is 0 Å². The van der Waals surface area contributed by atoms with Crippen molar-refractivity contribution in [2.75, 3.05) is 0 Å². The number of benzene rings is 1. The molecule has 1 N–H and O–H groups in total. The summed E-state index contributed by atoms with van der Waals surface area (Å²) < 4.78 is 1.64. The van der Waals surface area contributed by atoms with Gasteiger partial charge >= 0.3 is 5.97 Å². The van der Waals surface area contributed by atoms with Crippen LogP contribution < -0.4 is 5.43 Å². The average Bonchev–Trinajstić information content (AvgIpc) is 2.43. The van der Waals surface area contributed by atoms with Gasteiger partial charge in [0.2, 0.25) is 0 Å². The maximum Gasteiger partial charge on any atom is 0.341 e. The zero-order valence-electron chi connectivity index (χ0n) is 11.1. The van der Waals surface area contributed by atoms with Crippen LogP contribution in [0.1, 0.15) is 27.2 Å². The van der Waals surface area contributed by atoms with Crippen molar-refractivity contribution >= 4 is 17.6 Å². The van der Waals surface area contributed by atoms with Gasteiger partial charge < -0.3 is 9.67 Å². The first kappa shape index (κ1) is 14.8. The fourth-order valence-electron chi connectivity index (χ4n) is 1.93. The van der Waals surface area contributed by atoms with Crippen LogP contribution in [-0.2, 0) is 6.54 Å². The minimum Gasteiger partial charge on any atom is -0.477 e. The number of hydrogen-bond donors (Lipinski definition) is 1. The molecule has 1 heterocycles. The second kappa shape index (κ2) is 5.81. The molecule has 0 amide bonds. The van der Waals surface area contributed by atoms with Gasteiger partial charge in [0.15, 0.2) is 5.43 Å². The van der Waals surface area contributed by atoms with Crippen molar-refractivity contribution in [1.82, 2.24) is 4.57 Å². The summed E-state index contributed by atoms with van der Waals surface area (Å²) in [6, 6.07) is 8.16. The number of carboxylic acid groups (broad SMARTS) is 1. The van der Waals surface area contributed by atoms with E-state index in [4.69, 9.17) is 22.0 Å². The molecule has 0 spiro atoms. The number of halogens is 1. The third-order valence-corrected chi connectivity index (χ3v) is 3.45. The minimum absolute atomic E-state index is 0.287. The second-order valence-corrected chi connectivity index (χ2v) is 4.95. The summed E-state index contributed by atoms with van der Waals surface area (Å²) in [5, 5.41) is 18.2. The number of aryl methyl sites for hydroxylation is 1. The fraction of sp³-hybridized carbons (Fsp3) is 0.133. The first-order valence-corrected chi connectivity index (χ1v) is 6.43. The number of hydrogen-bond acceptors (Lipinski definition) is 3. The van der Waals surface area contributed by atoms with Gasteiger partial charge in [-0.05, 0) is 24.6 Å². The summed E-state index contributed by atoms with van der Waals surface area (Å²) in [5.41, 5.74) is 1.00. The highest BCUT2D eigenvalue weighted by atomic mass is 35.5. The topological polar surface area (TPSA) is 83.1 Å². The van der Waals surface area contributed by atoms with Gasteiger partial charge in [-0.25, -0.2) is 4.79 Å². The third kappa shape index (κ3) is 3.12. The van der Waals surface area contributed by atoms with Crippen molar-refractivity contribution in [3.05, 3.63) is 68.1 Å². The number of nitriles is 1. The van der Waals surface area contributed by atoms with Crippen LogP contribution in [0.5, 0.6) is 0 Å². The standard InChI is InChI=1S/C15H11ClN2O3/c1-9-4-14(19)12(15(20)21)8-18(9)7-11-3-2-10(6-17)5-13(11)16/h2-5,8H,7H2,1H3,(H,20,21). The van der Waals surface area contributed by atoms with Crippen molar-refractivity contribution in [3.63, 3.8) is 0 Å². The molecule has 6 heteroatoms. The molecule has 0 atom stereocenters. The first-order valence-electron chi connectivity index (χ1n) is 6.05. The molecule has 1 aromatic carbocycles. The maximum atomic E-state index is 11.6. The van der Waals surface area contributed by atoms with Crippen LogP contribution in [0, 0.1) is 18.3 Å². The Hall–Kier alpha value is -2.58. The van der Waals surface area contributed by atoms with Crippen molar-refractivity contribution in [3.8, 4) is 6.07 Å². The Bertz CT molecular complexity index is 819. The van der Waals surface area contributed by atoms with E-state index in [9.17, 15) is 9.59 Å². The normalized spacial score (nSPS) is 10.1. The fourth-order valence-corrected chi connectivity index (χ4v) is 2.17. The van der Waals surface area contributed by atoms with E-state index in [-0.39, 0.29) is 5.56 Å². The number of pyridine rings is 1. The zero-order chi connectivity index (χ0) is 15.6. The largest absolute Gasteiger partial charge is 0.477 e. The van der Waals surface area contributed by atoms with E-state index in [1.54, 1.807) is 29.7 Å². The van der Waals surface area contributed by atoms with E-state index in [2.05, 4.69) is 0 Å². The molecular weight excluding hydrogens is 292 g/mol. The smallest absolute Gasteiger partial charge is 0.341 e. The molecule has 0 unspecified atom stereocenters. The predicted octanol–water partition coefficient (Wildman–Crippen LogP) is 2.43. The van der Waals surface area contributed by atoms with Crippen LogP contribution >= 0.6 is 11.6 Å². The number of rotatable bonds is 3. The lowest BCUT2D eigenvalue weighted by atomic mass is 10.1. The van der Waals surface area contributed by atoms with Gasteiger partial charge in [-0.2, -0.15) is 5.26 Å². The highest BCUT2D eigenvalue weighted by Gasteiger charge is 2.11. The van der Waals surface area contributed by atoms with Gasteiger partial charge in [0.05, 0.1) is 11.6 Å². The molecule has 0 saturated heterocycles. The third-order valence-electron chi connectivity index (χ3n) is 3.10. The number of nitrogens with zero attached hydrogens (tertiary/aromatic N) is 2. The van der Waals surface area contributed by atoms with Crippen LogP contribution in [0.25, 0.3) is 0 Å². The zero-order valence-corrected chi connectivity index (χ0v) is 11.9. The molecule has 0 aliphatic heterocycles. The summed E-state index contributed by atoms with van der Waals surface area (Å²) in [7, 11) is 0. The quantitative estimate of drug-likeness (QED) is 0.944. The van der Waals surface area contributed by atoms with Gasteiger partial charge in [-0.3, -0.25) is 4.79 Å². The monoisotopic (exact) mass is 302 g/mol. The molecule has 21 heavy (non-hydrogen) atoms. The highest BCUT2D eigenvalue weighted by Crippen LogP contribution is 2.19. The summed E-state index contributed by atoms with van der Waals surface area (Å²) >= 11 is 6.10. The van der Waals surface area contributed by atoms with Crippen molar-refractivity contribution in [2.24, 2.45) is 0 Å². The van der Waals surface area contributed by atoms with Gasteiger partial charge in [0.1, 0.15) is 5.56 Å². The van der Waals surface area contributed by atoms with Crippen LogP contribution in [0.2, 0.25) is 5.02 Å². The molecule has 0 bridgehead atoms. The summed E-state index contributed by atoms with van der Waals surface area (Å²) in [4.78, 5) is 22.6. The molecule has 0 radical (unpaired) electrons. The Labute approximate surface area is 125 Å². The van der Waals surface area contributed by atoms with Gasteiger partial charge in [-0.15, -0.1) is 0 Å². The van der Waals surface area contributed by atoms with Crippen LogP contribution in [0.3, 0.4) is 0 Å². The number of aromatic carboxylic acids is 1. The Kier molecular flexibility index (Phi) is 4.10. The summed E-state index contributed by atoms with van der Waals surface area (Å²) in [6.45, 7) is 2.03. The molecule has 106 valence electrons. The number of carbonyl (C=O) groups is 1. The average molecular weight is 303 g/mol. The Balaban J connectivity index is 2.45. The molecule has 0 fully saturated rings.